The van der Waals surface area contributed by atoms with Gasteiger partial charge >= 0.3 is 0 Å². The molecule has 3 heteroatoms. The van der Waals surface area contributed by atoms with Crippen LogP contribution in [0, 0.1) is 0 Å². The Morgan fingerprint density at radius 1 is 0.238 bits per heavy atom. The highest BCUT2D eigenvalue weighted by Crippen LogP contribution is 2.43. The topological polar surface area (TPSA) is 13.1 Å². The van der Waals surface area contributed by atoms with E-state index in [4.69, 9.17) is 0 Å². The Hall–Kier alpha value is -8.40. The summed E-state index contributed by atoms with van der Waals surface area (Å²) in [5, 5.41) is 4.98. The van der Waals surface area contributed by atoms with Crippen LogP contribution in [-0.2, 0) is 0 Å². The van der Waals surface area contributed by atoms with E-state index in [1.165, 1.54) is 77.0 Å². The molecule has 2 aromatic heterocycles. The predicted octanol–water partition coefficient (Wildman–Crippen LogP) is 16.4. The van der Waals surface area contributed by atoms with Crippen molar-refractivity contribution < 1.29 is 0 Å². The molecule has 10 aromatic carbocycles. The minimum Gasteiger partial charge on any atom is -0.311 e. The van der Waals surface area contributed by atoms with Crippen LogP contribution in [0.25, 0.3) is 88.4 Å². The van der Waals surface area contributed by atoms with Gasteiger partial charge < -0.3 is 14.0 Å². The molecule has 0 N–H and O–H groups in total. The number of hydrogen-bond acceptors (Lipinski definition) is 1. The Morgan fingerprint density at radius 2 is 0.619 bits per heavy atom. The Labute approximate surface area is 366 Å². The van der Waals surface area contributed by atoms with Gasteiger partial charge in [0.15, 0.2) is 0 Å². The number of para-hydroxylation sites is 3. The molecule has 3 nitrogen and oxygen atoms in total. The second kappa shape index (κ2) is 15.3. The van der Waals surface area contributed by atoms with Crippen molar-refractivity contribution in [3.05, 3.63) is 249 Å². The summed E-state index contributed by atoms with van der Waals surface area (Å²) in [6, 6.07) is 89.9. The third kappa shape index (κ3) is 6.29. The Morgan fingerprint density at radius 3 is 1.14 bits per heavy atom. The van der Waals surface area contributed by atoms with Crippen molar-refractivity contribution in [2.24, 2.45) is 0 Å². The lowest BCUT2D eigenvalue weighted by molar-refractivity contribution is 1.17. The molecule has 0 aliphatic carbocycles. The number of hydrogen-bond donors (Lipinski definition) is 0. The van der Waals surface area contributed by atoms with Gasteiger partial charge in [0.05, 0.1) is 22.1 Å². The lowest BCUT2D eigenvalue weighted by Crippen LogP contribution is -2.10. The average molecular weight is 804 g/mol. The summed E-state index contributed by atoms with van der Waals surface area (Å²) in [4.78, 5) is 2.36. The van der Waals surface area contributed by atoms with Crippen LogP contribution in [-0.4, -0.2) is 9.13 Å². The van der Waals surface area contributed by atoms with Gasteiger partial charge in [0.1, 0.15) is 0 Å². The molecule has 63 heavy (non-hydrogen) atoms. The van der Waals surface area contributed by atoms with E-state index in [-0.39, 0.29) is 0 Å². The lowest BCUT2D eigenvalue weighted by Gasteiger charge is -2.26. The van der Waals surface area contributed by atoms with E-state index in [0.29, 0.717) is 0 Å². The predicted molar refractivity (Wildman–Crippen MR) is 266 cm³/mol. The van der Waals surface area contributed by atoms with Crippen LogP contribution in [0.5, 0.6) is 0 Å². The Balaban J connectivity index is 0.984. The third-order valence-corrected chi connectivity index (χ3v) is 12.5. The van der Waals surface area contributed by atoms with Crippen LogP contribution in [0.1, 0.15) is 0 Å². The van der Waals surface area contributed by atoms with Crippen molar-refractivity contribution in [2.45, 2.75) is 0 Å². The second-order valence-electron chi connectivity index (χ2n) is 16.2. The zero-order valence-electron chi connectivity index (χ0n) is 34.5. The molecule has 0 fully saturated rings. The van der Waals surface area contributed by atoms with Crippen LogP contribution in [0.3, 0.4) is 0 Å². The van der Waals surface area contributed by atoms with Gasteiger partial charge in [0.2, 0.25) is 0 Å². The minimum atomic E-state index is 1.08. The van der Waals surface area contributed by atoms with Gasteiger partial charge in [0, 0.05) is 50.0 Å². The zero-order valence-corrected chi connectivity index (χ0v) is 34.5. The van der Waals surface area contributed by atoms with Gasteiger partial charge in [-0.2, -0.15) is 0 Å². The monoisotopic (exact) mass is 803 g/mol. The molecular weight excluding hydrogens is 763 g/mol. The minimum absolute atomic E-state index is 1.08. The molecule has 0 saturated heterocycles. The molecule has 0 aliphatic heterocycles. The first-order valence-corrected chi connectivity index (χ1v) is 21.6. The second-order valence-corrected chi connectivity index (χ2v) is 16.2. The van der Waals surface area contributed by atoms with E-state index in [2.05, 4.69) is 263 Å². The van der Waals surface area contributed by atoms with Gasteiger partial charge in [-0.05, 0) is 112 Å². The highest BCUT2D eigenvalue weighted by atomic mass is 15.1. The molecule has 296 valence electrons. The maximum Gasteiger partial charge on any atom is 0.0641 e. The molecule has 12 aromatic rings. The third-order valence-electron chi connectivity index (χ3n) is 12.5. The summed E-state index contributed by atoms with van der Waals surface area (Å²) >= 11 is 0. The molecule has 0 saturated carbocycles. The molecule has 0 aliphatic rings. The molecule has 0 amide bonds. The van der Waals surface area contributed by atoms with E-state index in [9.17, 15) is 0 Å². The quantitative estimate of drug-likeness (QED) is 0.149. The normalized spacial score (nSPS) is 11.5. The molecule has 0 unspecified atom stereocenters. The first-order chi connectivity index (χ1) is 31.3. The molecule has 2 heterocycles. The molecule has 0 bridgehead atoms. The molecular formula is C60H41N3. The molecule has 0 spiro atoms. The number of fused-ring (bicyclic) bond motifs is 7. The summed E-state index contributed by atoms with van der Waals surface area (Å²) in [7, 11) is 0. The first kappa shape index (κ1) is 36.5. The van der Waals surface area contributed by atoms with Gasteiger partial charge in [-0.15, -0.1) is 0 Å². The molecule has 12 rings (SSSR count). The smallest absolute Gasteiger partial charge is 0.0641 e. The van der Waals surface area contributed by atoms with Gasteiger partial charge in [-0.25, -0.2) is 0 Å². The summed E-state index contributed by atoms with van der Waals surface area (Å²) < 4.78 is 4.87. The van der Waals surface area contributed by atoms with E-state index in [1.54, 1.807) is 0 Å². The highest BCUT2D eigenvalue weighted by molar-refractivity contribution is 6.26. The van der Waals surface area contributed by atoms with E-state index in [0.717, 1.165) is 28.4 Å². The lowest BCUT2D eigenvalue weighted by atomic mass is 10.00. The van der Waals surface area contributed by atoms with Crippen molar-refractivity contribution in [3.63, 3.8) is 0 Å². The number of aromatic nitrogens is 2. The SMILES string of the molecule is c1ccc(-c2ccc(-c3ccc(N(c4ccc(-c5ccccc5)cc4)c4ccc(-n5c6ccccc6c6ccc7c(c8ccccc8n7-c7ccccc7)c65)cc4)cc3)cc2)cc1. The number of rotatable bonds is 8. The van der Waals surface area contributed by atoms with Crippen LogP contribution < -0.4 is 4.90 Å². The number of benzene rings is 10. The summed E-state index contributed by atoms with van der Waals surface area (Å²) in [6.07, 6.45) is 0. The Bertz CT molecular complexity index is 3550. The van der Waals surface area contributed by atoms with E-state index in [1.807, 2.05) is 0 Å². The first-order valence-electron chi connectivity index (χ1n) is 21.6. The van der Waals surface area contributed by atoms with Gasteiger partial charge in [-0.1, -0.05) is 170 Å². The fourth-order valence-electron chi connectivity index (χ4n) is 9.55. The number of anilines is 3. The van der Waals surface area contributed by atoms with Crippen molar-refractivity contribution >= 4 is 60.7 Å². The van der Waals surface area contributed by atoms with Crippen molar-refractivity contribution in [1.29, 1.82) is 0 Å². The van der Waals surface area contributed by atoms with E-state index < -0.39 is 0 Å². The van der Waals surface area contributed by atoms with E-state index >= 15 is 0 Å². The van der Waals surface area contributed by atoms with Crippen molar-refractivity contribution in [3.8, 4) is 44.8 Å². The van der Waals surface area contributed by atoms with Crippen LogP contribution in [0.15, 0.2) is 249 Å². The largest absolute Gasteiger partial charge is 0.311 e. The van der Waals surface area contributed by atoms with Crippen LogP contribution in [0.4, 0.5) is 17.1 Å². The standard InChI is InChI=1S/C60H41N3/c1-4-14-42(15-5-1)44-24-26-45(27-25-44)47-30-34-50(35-31-47)61(49-32-28-46(29-33-49)43-16-6-2-7-17-43)51-36-38-52(39-37-51)63-56-22-12-10-20-53(56)54-40-41-58-59(60(54)63)55-21-11-13-23-57(55)62(58)48-18-8-3-9-19-48/h1-41H. The average Bonchev–Trinajstić information content (AvgIpc) is 3.89. The summed E-state index contributed by atoms with van der Waals surface area (Å²) in [6.45, 7) is 0. The maximum absolute atomic E-state index is 2.47. The highest BCUT2D eigenvalue weighted by Gasteiger charge is 2.21. The van der Waals surface area contributed by atoms with Crippen molar-refractivity contribution in [2.75, 3.05) is 4.90 Å². The zero-order chi connectivity index (χ0) is 41.7. The summed E-state index contributed by atoms with van der Waals surface area (Å²) in [5.41, 5.74) is 17.5. The Kier molecular flexibility index (Phi) is 8.83. The number of nitrogens with zero attached hydrogens (tertiary/aromatic N) is 3. The maximum atomic E-state index is 2.47. The van der Waals surface area contributed by atoms with Gasteiger partial charge in [0.25, 0.3) is 0 Å². The van der Waals surface area contributed by atoms with Crippen LogP contribution in [0.2, 0.25) is 0 Å². The van der Waals surface area contributed by atoms with Crippen molar-refractivity contribution in [1.82, 2.24) is 9.13 Å². The summed E-state index contributed by atoms with van der Waals surface area (Å²) in [5.74, 6) is 0. The van der Waals surface area contributed by atoms with Crippen LogP contribution >= 0.6 is 0 Å². The molecule has 0 radical (unpaired) electrons. The molecule has 0 atom stereocenters. The van der Waals surface area contributed by atoms with Gasteiger partial charge in [-0.3, -0.25) is 0 Å². The fourth-order valence-corrected chi connectivity index (χ4v) is 9.55. The fraction of sp³-hybridized carbons (Fsp3) is 0.